The minimum Gasteiger partial charge on any atom is -0.306 e. The molecule has 0 bridgehead atoms. The van der Waals surface area contributed by atoms with E-state index in [1.54, 1.807) is 0 Å². The molecule has 0 unspecified atom stereocenters. The zero-order chi connectivity index (χ0) is 13.5. The lowest BCUT2D eigenvalue weighted by molar-refractivity contribution is 0.525. The standard InChI is InChI=1S/C14H23N5/c1-3-9-18-13(5-7-16-18)11-15-12-14-6-8-17-19(14)10-4-2/h5-8,15H,3-4,9-12H2,1-2H3. The van der Waals surface area contributed by atoms with Crippen molar-refractivity contribution in [2.75, 3.05) is 0 Å². The molecule has 104 valence electrons. The second-order valence-electron chi connectivity index (χ2n) is 4.69. The summed E-state index contributed by atoms with van der Waals surface area (Å²) in [7, 11) is 0. The maximum Gasteiger partial charge on any atom is 0.0522 e. The smallest absolute Gasteiger partial charge is 0.0522 e. The van der Waals surface area contributed by atoms with Crippen molar-refractivity contribution in [2.45, 2.75) is 52.9 Å². The molecule has 2 heterocycles. The van der Waals surface area contributed by atoms with Crippen LogP contribution in [0, 0.1) is 0 Å². The summed E-state index contributed by atoms with van der Waals surface area (Å²) in [5, 5.41) is 12.1. The van der Waals surface area contributed by atoms with Gasteiger partial charge in [0.15, 0.2) is 0 Å². The topological polar surface area (TPSA) is 47.7 Å². The Labute approximate surface area is 114 Å². The normalized spacial score (nSPS) is 11.1. The van der Waals surface area contributed by atoms with E-state index in [9.17, 15) is 0 Å². The highest BCUT2D eigenvalue weighted by atomic mass is 15.3. The lowest BCUT2D eigenvalue weighted by Gasteiger charge is -2.09. The van der Waals surface area contributed by atoms with Crippen LogP contribution in [-0.4, -0.2) is 19.6 Å². The van der Waals surface area contributed by atoms with Crippen molar-refractivity contribution in [3.63, 3.8) is 0 Å². The molecule has 0 spiro atoms. The molecule has 0 aliphatic carbocycles. The van der Waals surface area contributed by atoms with Crippen LogP contribution in [0.4, 0.5) is 0 Å². The first kappa shape index (κ1) is 13.8. The van der Waals surface area contributed by atoms with Gasteiger partial charge in [-0.05, 0) is 25.0 Å². The minimum absolute atomic E-state index is 0.845. The van der Waals surface area contributed by atoms with Crippen LogP contribution in [0.1, 0.15) is 38.1 Å². The maximum atomic E-state index is 4.33. The van der Waals surface area contributed by atoms with Gasteiger partial charge in [-0.15, -0.1) is 0 Å². The van der Waals surface area contributed by atoms with Crippen LogP contribution in [0.3, 0.4) is 0 Å². The Balaban J connectivity index is 1.85. The van der Waals surface area contributed by atoms with E-state index >= 15 is 0 Å². The second-order valence-corrected chi connectivity index (χ2v) is 4.69. The Morgan fingerprint density at radius 2 is 1.37 bits per heavy atom. The zero-order valence-electron chi connectivity index (χ0n) is 11.8. The summed E-state index contributed by atoms with van der Waals surface area (Å²) >= 11 is 0. The van der Waals surface area contributed by atoms with Crippen molar-refractivity contribution in [3.8, 4) is 0 Å². The van der Waals surface area contributed by atoms with Crippen molar-refractivity contribution in [1.29, 1.82) is 0 Å². The summed E-state index contributed by atoms with van der Waals surface area (Å²) in [4.78, 5) is 0. The van der Waals surface area contributed by atoms with Crippen LogP contribution >= 0.6 is 0 Å². The SMILES string of the molecule is CCCn1nccc1CNCc1ccnn1CCC. The first-order valence-electron chi connectivity index (χ1n) is 7.07. The van der Waals surface area contributed by atoms with Gasteiger partial charge in [0.2, 0.25) is 0 Å². The van der Waals surface area contributed by atoms with Gasteiger partial charge in [0.05, 0.1) is 11.4 Å². The first-order valence-corrected chi connectivity index (χ1v) is 7.07. The maximum absolute atomic E-state index is 4.33. The number of aromatic nitrogens is 4. The van der Waals surface area contributed by atoms with Gasteiger partial charge in [-0.3, -0.25) is 9.36 Å². The summed E-state index contributed by atoms with van der Waals surface area (Å²) in [6, 6.07) is 4.15. The fraction of sp³-hybridized carbons (Fsp3) is 0.571. The van der Waals surface area contributed by atoms with Gasteiger partial charge in [-0.1, -0.05) is 13.8 Å². The number of rotatable bonds is 8. The third-order valence-electron chi connectivity index (χ3n) is 3.09. The van der Waals surface area contributed by atoms with Crippen LogP contribution in [0.25, 0.3) is 0 Å². The number of aryl methyl sites for hydroxylation is 2. The Bertz CT molecular complexity index is 441. The molecule has 19 heavy (non-hydrogen) atoms. The van der Waals surface area contributed by atoms with E-state index in [4.69, 9.17) is 0 Å². The predicted octanol–water partition coefficient (Wildman–Crippen LogP) is 2.19. The van der Waals surface area contributed by atoms with Gasteiger partial charge < -0.3 is 5.32 Å². The van der Waals surface area contributed by atoms with Crippen molar-refractivity contribution in [3.05, 3.63) is 35.9 Å². The van der Waals surface area contributed by atoms with Crippen molar-refractivity contribution in [1.82, 2.24) is 24.9 Å². The molecule has 0 saturated carbocycles. The highest BCUT2D eigenvalue weighted by molar-refractivity contribution is 5.03. The fourth-order valence-corrected chi connectivity index (χ4v) is 2.17. The van der Waals surface area contributed by atoms with Crippen molar-refractivity contribution >= 4 is 0 Å². The van der Waals surface area contributed by atoms with Gasteiger partial charge in [0.1, 0.15) is 0 Å². The lowest BCUT2D eigenvalue weighted by atomic mass is 10.3. The van der Waals surface area contributed by atoms with E-state index < -0.39 is 0 Å². The Morgan fingerprint density at radius 3 is 1.79 bits per heavy atom. The largest absolute Gasteiger partial charge is 0.306 e. The van der Waals surface area contributed by atoms with E-state index in [1.165, 1.54) is 11.4 Å². The zero-order valence-corrected chi connectivity index (χ0v) is 11.8. The van der Waals surface area contributed by atoms with E-state index in [1.807, 2.05) is 12.4 Å². The molecular weight excluding hydrogens is 238 g/mol. The van der Waals surface area contributed by atoms with Gasteiger partial charge in [0.25, 0.3) is 0 Å². The van der Waals surface area contributed by atoms with Gasteiger partial charge in [-0.25, -0.2) is 0 Å². The van der Waals surface area contributed by atoms with E-state index in [2.05, 4.69) is 50.9 Å². The average molecular weight is 261 g/mol. The van der Waals surface area contributed by atoms with Crippen LogP contribution in [0.2, 0.25) is 0 Å². The minimum atomic E-state index is 0.845. The Hall–Kier alpha value is -1.62. The molecule has 1 N–H and O–H groups in total. The summed E-state index contributed by atoms with van der Waals surface area (Å²) < 4.78 is 4.13. The molecule has 5 nitrogen and oxygen atoms in total. The lowest BCUT2D eigenvalue weighted by Crippen LogP contribution is -2.19. The van der Waals surface area contributed by atoms with E-state index in [0.717, 1.165) is 39.0 Å². The molecule has 0 aliphatic heterocycles. The number of nitrogens with zero attached hydrogens (tertiary/aromatic N) is 4. The molecule has 0 radical (unpaired) electrons. The molecule has 0 atom stereocenters. The van der Waals surface area contributed by atoms with Crippen LogP contribution in [0.5, 0.6) is 0 Å². The van der Waals surface area contributed by atoms with E-state index in [0.29, 0.717) is 0 Å². The van der Waals surface area contributed by atoms with Gasteiger partial charge >= 0.3 is 0 Å². The van der Waals surface area contributed by atoms with Crippen molar-refractivity contribution in [2.24, 2.45) is 0 Å². The van der Waals surface area contributed by atoms with Crippen molar-refractivity contribution < 1.29 is 0 Å². The monoisotopic (exact) mass is 261 g/mol. The highest BCUT2D eigenvalue weighted by Gasteiger charge is 2.03. The number of hydrogen-bond donors (Lipinski definition) is 1. The molecule has 2 aromatic rings. The molecule has 0 aliphatic rings. The van der Waals surface area contributed by atoms with Crippen LogP contribution < -0.4 is 5.32 Å². The molecule has 5 heteroatoms. The van der Waals surface area contributed by atoms with Gasteiger partial charge in [0, 0.05) is 38.6 Å². The summed E-state index contributed by atoms with van der Waals surface area (Å²) in [5.41, 5.74) is 2.48. The van der Waals surface area contributed by atoms with Crippen LogP contribution in [-0.2, 0) is 26.2 Å². The fourth-order valence-electron chi connectivity index (χ4n) is 2.17. The third kappa shape index (κ3) is 3.67. The number of hydrogen-bond acceptors (Lipinski definition) is 3. The molecule has 0 saturated heterocycles. The third-order valence-corrected chi connectivity index (χ3v) is 3.09. The molecule has 0 fully saturated rings. The molecule has 2 aromatic heterocycles. The molecule has 2 rings (SSSR count). The first-order chi connectivity index (χ1) is 9.35. The second kappa shape index (κ2) is 7.09. The quantitative estimate of drug-likeness (QED) is 0.792. The predicted molar refractivity (Wildman–Crippen MR) is 75.6 cm³/mol. The average Bonchev–Trinajstić information content (AvgIpc) is 3.01. The van der Waals surface area contributed by atoms with E-state index in [-0.39, 0.29) is 0 Å². The molecular formula is C14H23N5. The molecule has 0 aromatic carbocycles. The van der Waals surface area contributed by atoms with Gasteiger partial charge in [-0.2, -0.15) is 10.2 Å². The highest BCUT2D eigenvalue weighted by Crippen LogP contribution is 2.03. The Morgan fingerprint density at radius 1 is 0.895 bits per heavy atom. The summed E-state index contributed by atoms with van der Waals surface area (Å²) in [5.74, 6) is 0. The summed E-state index contributed by atoms with van der Waals surface area (Å²) in [6.45, 7) is 7.99. The molecule has 0 amide bonds. The van der Waals surface area contributed by atoms with Crippen LogP contribution in [0.15, 0.2) is 24.5 Å². The number of nitrogens with one attached hydrogen (secondary N) is 1. The Kier molecular flexibility index (Phi) is 5.15. The summed E-state index contributed by atoms with van der Waals surface area (Å²) in [6.07, 6.45) is 5.96.